The van der Waals surface area contributed by atoms with Crippen LogP contribution in [0.4, 0.5) is 0 Å². The van der Waals surface area contributed by atoms with Gasteiger partial charge in [-0.25, -0.2) is 15.0 Å². The van der Waals surface area contributed by atoms with E-state index in [1.54, 1.807) is 0 Å². The van der Waals surface area contributed by atoms with Crippen LogP contribution in [0.2, 0.25) is 0 Å². The summed E-state index contributed by atoms with van der Waals surface area (Å²) in [5.74, 6) is 1.95. The molecule has 0 saturated heterocycles. The van der Waals surface area contributed by atoms with Crippen LogP contribution in [0.1, 0.15) is 25.0 Å². The second-order valence-corrected chi connectivity index (χ2v) is 13.7. The summed E-state index contributed by atoms with van der Waals surface area (Å²) in [7, 11) is 0. The van der Waals surface area contributed by atoms with Crippen LogP contribution >= 0.6 is 0 Å². The van der Waals surface area contributed by atoms with Gasteiger partial charge in [-0.2, -0.15) is 0 Å². The quantitative estimate of drug-likeness (QED) is 0.179. The lowest BCUT2D eigenvalue weighted by atomic mass is 9.82. The maximum Gasteiger partial charge on any atom is 0.164 e. The minimum absolute atomic E-state index is 0.130. The van der Waals surface area contributed by atoms with Crippen molar-refractivity contribution in [1.82, 2.24) is 15.0 Å². The van der Waals surface area contributed by atoms with Crippen LogP contribution in [-0.4, -0.2) is 15.0 Å². The summed E-state index contributed by atoms with van der Waals surface area (Å²) in [5, 5.41) is 0. The van der Waals surface area contributed by atoms with Crippen molar-refractivity contribution in [2.24, 2.45) is 0 Å². The maximum absolute atomic E-state index is 5.17. The van der Waals surface area contributed by atoms with Crippen LogP contribution < -0.4 is 0 Å². The van der Waals surface area contributed by atoms with Gasteiger partial charge < -0.3 is 0 Å². The third kappa shape index (κ3) is 5.63. The van der Waals surface area contributed by atoms with E-state index in [2.05, 4.69) is 178 Å². The van der Waals surface area contributed by atoms with Gasteiger partial charge in [-0.05, 0) is 73.8 Å². The minimum Gasteiger partial charge on any atom is -0.208 e. The largest absolute Gasteiger partial charge is 0.208 e. The fourth-order valence-electron chi connectivity index (χ4n) is 7.40. The SMILES string of the molecule is CC1(C)c2ccccc2-c2ccc(-c3nc(-c4cccc(-c5ccccc5)c4)nc(-c4cccc(-c5ccc(-c6ccccc6)cc5)c4)n3)cc21. The highest BCUT2D eigenvalue weighted by Gasteiger charge is 2.35. The lowest BCUT2D eigenvalue weighted by molar-refractivity contribution is 0.660. The molecule has 0 aliphatic heterocycles. The van der Waals surface area contributed by atoms with Gasteiger partial charge in [-0.1, -0.05) is 172 Å². The van der Waals surface area contributed by atoms with E-state index in [9.17, 15) is 0 Å². The summed E-state index contributed by atoms with van der Waals surface area (Å²) in [4.78, 5) is 15.5. The van der Waals surface area contributed by atoms with Crippen LogP contribution in [0.15, 0.2) is 176 Å². The van der Waals surface area contributed by atoms with E-state index in [0.29, 0.717) is 17.5 Å². The Morgan fingerprint density at radius 2 is 0.667 bits per heavy atom. The lowest BCUT2D eigenvalue weighted by Gasteiger charge is -2.21. The zero-order valence-electron chi connectivity index (χ0n) is 28.6. The zero-order chi connectivity index (χ0) is 34.4. The Morgan fingerprint density at radius 3 is 1.24 bits per heavy atom. The van der Waals surface area contributed by atoms with E-state index in [1.807, 2.05) is 12.1 Å². The molecule has 3 heteroatoms. The van der Waals surface area contributed by atoms with Crippen molar-refractivity contribution >= 4 is 0 Å². The van der Waals surface area contributed by atoms with Crippen molar-refractivity contribution in [3.05, 3.63) is 187 Å². The number of nitrogens with zero attached hydrogens (tertiary/aromatic N) is 3. The van der Waals surface area contributed by atoms with Gasteiger partial charge in [0.15, 0.2) is 17.5 Å². The number of hydrogen-bond acceptors (Lipinski definition) is 3. The highest BCUT2D eigenvalue weighted by molar-refractivity contribution is 5.83. The smallest absolute Gasteiger partial charge is 0.164 e. The van der Waals surface area contributed by atoms with E-state index in [4.69, 9.17) is 15.0 Å². The molecule has 9 rings (SSSR count). The molecule has 0 fully saturated rings. The summed E-state index contributed by atoms with van der Waals surface area (Å²) in [6.45, 7) is 4.61. The summed E-state index contributed by atoms with van der Waals surface area (Å²) in [5.41, 5.74) is 14.9. The predicted molar refractivity (Wildman–Crippen MR) is 210 cm³/mol. The van der Waals surface area contributed by atoms with Crippen molar-refractivity contribution in [1.29, 1.82) is 0 Å². The predicted octanol–water partition coefficient (Wildman–Crippen LogP) is 12.2. The maximum atomic E-state index is 5.17. The van der Waals surface area contributed by atoms with Crippen molar-refractivity contribution < 1.29 is 0 Å². The van der Waals surface area contributed by atoms with Crippen molar-refractivity contribution in [3.63, 3.8) is 0 Å². The molecule has 0 spiro atoms. The number of fused-ring (bicyclic) bond motifs is 3. The molecule has 51 heavy (non-hydrogen) atoms. The third-order valence-electron chi connectivity index (χ3n) is 10.2. The molecule has 0 bridgehead atoms. The van der Waals surface area contributed by atoms with Gasteiger partial charge in [-0.15, -0.1) is 0 Å². The molecule has 0 unspecified atom stereocenters. The van der Waals surface area contributed by atoms with Crippen LogP contribution in [0.25, 0.3) is 78.7 Å². The van der Waals surface area contributed by atoms with Crippen LogP contribution in [0, 0.1) is 0 Å². The van der Waals surface area contributed by atoms with E-state index < -0.39 is 0 Å². The van der Waals surface area contributed by atoms with Gasteiger partial charge >= 0.3 is 0 Å². The minimum atomic E-state index is -0.130. The topological polar surface area (TPSA) is 38.7 Å². The van der Waals surface area contributed by atoms with Crippen LogP contribution in [-0.2, 0) is 5.41 Å². The van der Waals surface area contributed by atoms with Gasteiger partial charge in [0, 0.05) is 22.1 Å². The molecule has 3 nitrogen and oxygen atoms in total. The van der Waals surface area contributed by atoms with Crippen molar-refractivity contribution in [2.75, 3.05) is 0 Å². The summed E-state index contributed by atoms with van der Waals surface area (Å²) in [6, 6.07) is 62.0. The first-order chi connectivity index (χ1) is 25.0. The molecule has 1 aromatic heterocycles. The molecule has 1 aliphatic carbocycles. The summed E-state index contributed by atoms with van der Waals surface area (Å²) in [6.07, 6.45) is 0. The van der Waals surface area contributed by atoms with Crippen molar-refractivity contribution in [3.8, 4) is 78.7 Å². The standard InChI is InChI=1S/C48H35N3/c1-48(2)43-22-10-9-21-41(43)42-28-27-40(31-44(42)48)47-50-45(38-19-11-17-36(29-38)33-15-7-4-8-16-33)49-46(51-47)39-20-12-18-37(30-39)35-25-23-34(24-26-35)32-13-5-3-6-14-32/h3-31H,1-2H3. The van der Waals surface area contributed by atoms with Gasteiger partial charge in [0.25, 0.3) is 0 Å². The molecular formula is C48H35N3. The number of aromatic nitrogens is 3. The van der Waals surface area contributed by atoms with E-state index in [1.165, 1.54) is 33.4 Å². The first-order valence-electron chi connectivity index (χ1n) is 17.4. The molecule has 242 valence electrons. The number of rotatable bonds is 6. The molecule has 1 heterocycles. The molecule has 1 aliphatic rings. The summed E-state index contributed by atoms with van der Waals surface area (Å²) < 4.78 is 0. The summed E-state index contributed by atoms with van der Waals surface area (Å²) >= 11 is 0. The molecule has 7 aromatic carbocycles. The first kappa shape index (κ1) is 30.6. The fraction of sp³-hybridized carbons (Fsp3) is 0.0625. The Labute approximate surface area is 299 Å². The fourth-order valence-corrected chi connectivity index (χ4v) is 7.40. The highest BCUT2D eigenvalue weighted by Crippen LogP contribution is 2.49. The molecule has 0 N–H and O–H groups in total. The van der Waals surface area contributed by atoms with E-state index >= 15 is 0 Å². The average molecular weight is 654 g/mol. The Bertz CT molecular complexity index is 2530. The van der Waals surface area contributed by atoms with Crippen LogP contribution in [0.3, 0.4) is 0 Å². The highest BCUT2D eigenvalue weighted by atomic mass is 15.0. The lowest BCUT2D eigenvalue weighted by Crippen LogP contribution is -2.15. The van der Waals surface area contributed by atoms with Crippen molar-refractivity contribution in [2.45, 2.75) is 19.3 Å². The number of benzene rings is 7. The molecule has 0 saturated carbocycles. The van der Waals surface area contributed by atoms with Gasteiger partial charge in [-0.3, -0.25) is 0 Å². The van der Waals surface area contributed by atoms with Gasteiger partial charge in [0.05, 0.1) is 0 Å². The Morgan fingerprint density at radius 1 is 0.294 bits per heavy atom. The van der Waals surface area contributed by atoms with Gasteiger partial charge in [0.1, 0.15) is 0 Å². The second kappa shape index (κ2) is 12.5. The normalized spacial score (nSPS) is 12.7. The number of hydrogen-bond donors (Lipinski definition) is 0. The van der Waals surface area contributed by atoms with Crippen LogP contribution in [0.5, 0.6) is 0 Å². The zero-order valence-corrected chi connectivity index (χ0v) is 28.6. The molecule has 0 amide bonds. The second-order valence-electron chi connectivity index (χ2n) is 13.7. The molecule has 8 aromatic rings. The first-order valence-corrected chi connectivity index (χ1v) is 17.4. The molecule has 0 radical (unpaired) electrons. The third-order valence-corrected chi connectivity index (χ3v) is 10.2. The monoisotopic (exact) mass is 653 g/mol. The van der Waals surface area contributed by atoms with E-state index in [-0.39, 0.29) is 5.41 Å². The Kier molecular flexibility index (Phi) is 7.48. The van der Waals surface area contributed by atoms with E-state index in [0.717, 1.165) is 38.9 Å². The molecule has 0 atom stereocenters. The Balaban J connectivity index is 1.16. The Hall–Kier alpha value is -6.45. The average Bonchev–Trinajstić information content (AvgIpc) is 3.44. The van der Waals surface area contributed by atoms with Gasteiger partial charge in [0.2, 0.25) is 0 Å². The molecular weight excluding hydrogens is 619 g/mol.